The Kier molecular flexibility index (Phi) is 3.72. The van der Waals surface area contributed by atoms with Gasteiger partial charge in [0.05, 0.1) is 16.3 Å². The average molecular weight is 356 g/mol. The van der Waals surface area contributed by atoms with Gasteiger partial charge in [-0.05, 0) is 18.6 Å². The first-order chi connectivity index (χ1) is 11.9. The van der Waals surface area contributed by atoms with Crippen molar-refractivity contribution in [2.75, 3.05) is 0 Å². The first-order valence-electron chi connectivity index (χ1n) is 7.94. The van der Waals surface area contributed by atoms with Crippen LogP contribution in [-0.2, 0) is 23.4 Å². The van der Waals surface area contributed by atoms with Gasteiger partial charge in [0.15, 0.2) is 6.20 Å². The number of pyridine rings is 1. The van der Waals surface area contributed by atoms with Gasteiger partial charge in [0.2, 0.25) is 15.9 Å². The standard InChI is InChI=1S/C18H14N2.H2O4S/c1-2-9-16-13(7-1)15-11-20-10-4-6-12-5-3-8-14(18(12)20)17(15)19-16;1-5(2,3)4/h1-3,5,7-9,11H,4,6,10H2;(H2,1,2,3,4). The van der Waals surface area contributed by atoms with Crippen molar-refractivity contribution >= 4 is 43.1 Å². The van der Waals surface area contributed by atoms with E-state index in [4.69, 9.17) is 17.5 Å². The highest BCUT2D eigenvalue weighted by Crippen LogP contribution is 2.31. The summed E-state index contributed by atoms with van der Waals surface area (Å²) in [5.74, 6) is 0. The third kappa shape index (κ3) is 2.97. The number of aromatic amines is 1. The number of aromatic nitrogens is 2. The molecule has 4 aromatic rings. The van der Waals surface area contributed by atoms with Crippen molar-refractivity contribution in [1.29, 1.82) is 0 Å². The minimum Gasteiger partial charge on any atom is -0.726 e. The number of nitrogens with zero attached hydrogens (tertiary/aromatic N) is 1. The van der Waals surface area contributed by atoms with Crippen LogP contribution in [-0.4, -0.2) is 22.5 Å². The summed E-state index contributed by atoms with van der Waals surface area (Å²) in [4.78, 5) is 3.61. The van der Waals surface area contributed by atoms with Crippen LogP contribution in [0.5, 0.6) is 0 Å². The van der Waals surface area contributed by atoms with Crippen molar-refractivity contribution in [2.24, 2.45) is 0 Å². The summed E-state index contributed by atoms with van der Waals surface area (Å²) >= 11 is 0. The van der Waals surface area contributed by atoms with Crippen LogP contribution in [0.1, 0.15) is 12.0 Å². The van der Waals surface area contributed by atoms with Gasteiger partial charge in [-0.3, -0.25) is 4.55 Å². The van der Waals surface area contributed by atoms with Gasteiger partial charge in [0, 0.05) is 22.9 Å². The summed E-state index contributed by atoms with van der Waals surface area (Å²) in [5.41, 5.74) is 5.40. The second-order valence-corrected chi connectivity index (χ2v) is 6.98. The van der Waals surface area contributed by atoms with Crippen molar-refractivity contribution < 1.29 is 22.1 Å². The van der Waals surface area contributed by atoms with Crippen molar-refractivity contribution in [3.63, 3.8) is 0 Å². The van der Waals surface area contributed by atoms with Crippen LogP contribution in [0.25, 0.3) is 32.7 Å². The highest BCUT2D eigenvalue weighted by Gasteiger charge is 2.22. The Balaban J connectivity index is 0.000000280. The third-order valence-corrected chi connectivity index (χ3v) is 4.55. The van der Waals surface area contributed by atoms with E-state index in [0.29, 0.717) is 0 Å². The van der Waals surface area contributed by atoms with E-state index >= 15 is 0 Å². The molecule has 1 aliphatic heterocycles. The van der Waals surface area contributed by atoms with Crippen LogP contribution in [0.2, 0.25) is 0 Å². The Morgan fingerprint density at radius 3 is 2.56 bits per heavy atom. The second-order valence-electron chi connectivity index (χ2n) is 6.13. The first kappa shape index (κ1) is 16.0. The smallest absolute Gasteiger partial charge is 0.217 e. The quantitative estimate of drug-likeness (QED) is 0.288. The van der Waals surface area contributed by atoms with E-state index in [1.807, 2.05) is 0 Å². The maximum atomic E-state index is 8.63. The molecule has 0 fully saturated rings. The van der Waals surface area contributed by atoms with Crippen LogP contribution in [0.15, 0.2) is 48.7 Å². The number of hydrogen-bond acceptors (Lipinski definition) is 3. The lowest BCUT2D eigenvalue weighted by Crippen LogP contribution is -2.38. The molecule has 128 valence electrons. The van der Waals surface area contributed by atoms with Gasteiger partial charge in [-0.25, -0.2) is 8.42 Å². The number of rotatable bonds is 0. The zero-order valence-electron chi connectivity index (χ0n) is 13.3. The van der Waals surface area contributed by atoms with Crippen LogP contribution in [0.4, 0.5) is 0 Å². The fourth-order valence-electron chi connectivity index (χ4n) is 3.68. The minimum absolute atomic E-state index is 1.13. The molecule has 0 saturated heterocycles. The molecule has 1 aliphatic rings. The van der Waals surface area contributed by atoms with Crippen molar-refractivity contribution in [3.05, 3.63) is 54.2 Å². The lowest BCUT2D eigenvalue weighted by Gasteiger charge is -2.12. The molecular weight excluding hydrogens is 340 g/mol. The van der Waals surface area contributed by atoms with Gasteiger partial charge >= 0.3 is 0 Å². The summed E-state index contributed by atoms with van der Waals surface area (Å²) in [6.45, 7) is 1.13. The number of fused-ring (bicyclic) bond motifs is 4. The Labute approximate surface area is 144 Å². The molecule has 0 radical (unpaired) electrons. The lowest BCUT2D eigenvalue weighted by atomic mass is 10.00. The molecule has 5 rings (SSSR count). The number of aryl methyl sites for hydroxylation is 2. The molecule has 25 heavy (non-hydrogen) atoms. The van der Waals surface area contributed by atoms with Gasteiger partial charge in [-0.2, -0.15) is 4.57 Å². The van der Waals surface area contributed by atoms with E-state index in [-0.39, 0.29) is 0 Å². The number of H-pyrrole nitrogens is 1. The molecule has 0 spiro atoms. The van der Waals surface area contributed by atoms with E-state index in [2.05, 4.69) is 58.2 Å². The average Bonchev–Trinajstić information content (AvgIpc) is 2.93. The predicted molar refractivity (Wildman–Crippen MR) is 94.2 cm³/mol. The summed E-state index contributed by atoms with van der Waals surface area (Å²) in [7, 11) is -4.92. The van der Waals surface area contributed by atoms with Gasteiger partial charge in [-0.1, -0.05) is 30.3 Å². The zero-order chi connectivity index (χ0) is 17.6. The van der Waals surface area contributed by atoms with Crippen molar-refractivity contribution in [2.45, 2.75) is 19.4 Å². The molecule has 2 N–H and O–H groups in total. The van der Waals surface area contributed by atoms with Gasteiger partial charge in [0.1, 0.15) is 6.54 Å². The number of hydrogen-bond donors (Lipinski definition) is 2. The number of nitrogens with one attached hydrogen (secondary N) is 1. The van der Waals surface area contributed by atoms with E-state index in [0.717, 1.165) is 6.54 Å². The zero-order valence-corrected chi connectivity index (χ0v) is 14.1. The van der Waals surface area contributed by atoms with Crippen molar-refractivity contribution in [1.82, 2.24) is 4.98 Å². The van der Waals surface area contributed by atoms with E-state index in [1.54, 1.807) is 0 Å². The van der Waals surface area contributed by atoms with E-state index in [9.17, 15) is 0 Å². The highest BCUT2D eigenvalue weighted by molar-refractivity contribution is 7.79. The number of para-hydroxylation sites is 2. The van der Waals surface area contributed by atoms with E-state index < -0.39 is 10.4 Å². The molecule has 6 nitrogen and oxygen atoms in total. The Hall–Kier alpha value is -2.48. The summed E-state index contributed by atoms with van der Waals surface area (Å²) in [6.07, 6.45) is 4.77. The summed E-state index contributed by atoms with van der Waals surface area (Å²) in [6, 6.07) is 15.3. The van der Waals surface area contributed by atoms with Crippen molar-refractivity contribution in [3.8, 4) is 0 Å². The molecular formula is C18H16N2O4S. The molecule has 0 unspecified atom stereocenters. The molecule has 2 aromatic heterocycles. The summed E-state index contributed by atoms with van der Waals surface area (Å²) in [5, 5.41) is 4.02. The molecule has 0 amide bonds. The fourth-order valence-corrected chi connectivity index (χ4v) is 3.68. The first-order valence-corrected chi connectivity index (χ1v) is 9.31. The maximum absolute atomic E-state index is 8.63. The minimum atomic E-state index is -4.92. The third-order valence-electron chi connectivity index (χ3n) is 4.55. The van der Waals surface area contributed by atoms with Gasteiger partial charge < -0.3 is 9.54 Å². The molecule has 0 bridgehead atoms. The maximum Gasteiger partial charge on any atom is 0.217 e. The second kappa shape index (κ2) is 5.80. The molecule has 0 atom stereocenters. The highest BCUT2D eigenvalue weighted by atomic mass is 32.3. The molecule has 7 heteroatoms. The Morgan fingerprint density at radius 2 is 1.76 bits per heavy atom. The van der Waals surface area contributed by atoms with Gasteiger partial charge in [-0.15, -0.1) is 0 Å². The van der Waals surface area contributed by atoms with Crippen LogP contribution in [0.3, 0.4) is 0 Å². The largest absolute Gasteiger partial charge is 0.726 e. The van der Waals surface area contributed by atoms with E-state index in [1.165, 1.54) is 51.1 Å². The monoisotopic (exact) mass is 356 g/mol. The SMILES string of the molecule is O=S(=O)([O-])O.c1ccc2c(c1)[nH]c1c2c[n+]2c3c(cccc13)CCC2. The van der Waals surface area contributed by atoms with Crippen LogP contribution >= 0.6 is 0 Å². The Bertz CT molecular complexity index is 1200. The molecule has 3 heterocycles. The van der Waals surface area contributed by atoms with Gasteiger partial charge in [0.25, 0.3) is 0 Å². The van der Waals surface area contributed by atoms with Crippen LogP contribution in [0, 0.1) is 0 Å². The number of benzene rings is 2. The molecule has 0 saturated carbocycles. The Morgan fingerprint density at radius 1 is 1.04 bits per heavy atom. The predicted octanol–water partition coefficient (Wildman–Crippen LogP) is 2.71. The molecule has 2 aromatic carbocycles. The summed E-state index contributed by atoms with van der Waals surface area (Å²) < 4.78 is 35.3. The topological polar surface area (TPSA) is 97.1 Å². The normalized spacial score (nSPS) is 13.8. The van der Waals surface area contributed by atoms with Crippen LogP contribution < -0.4 is 4.57 Å². The lowest BCUT2D eigenvalue weighted by molar-refractivity contribution is -0.673. The fraction of sp³-hybridized carbons (Fsp3) is 0.167. The molecule has 0 aliphatic carbocycles.